The fourth-order valence-corrected chi connectivity index (χ4v) is 4.01. The van der Waals surface area contributed by atoms with Gasteiger partial charge in [0.15, 0.2) is 0 Å². The van der Waals surface area contributed by atoms with Gasteiger partial charge in [0.25, 0.3) is 0 Å². The molecule has 0 radical (unpaired) electrons. The number of pyridine rings is 1. The number of halogens is 3. The average molecular weight is 376 g/mol. The largest absolute Gasteiger partial charge is 0.573 e. The number of fused-ring (bicyclic) bond motifs is 1. The maximum atomic E-state index is 13.5. The highest BCUT2D eigenvalue weighted by atomic mass is 19.4. The van der Waals surface area contributed by atoms with Gasteiger partial charge >= 0.3 is 6.36 Å². The fraction of sp³-hybridized carbons (Fsp3) is 0.400. The summed E-state index contributed by atoms with van der Waals surface area (Å²) >= 11 is 0. The van der Waals surface area contributed by atoms with Gasteiger partial charge in [0, 0.05) is 12.7 Å². The van der Waals surface area contributed by atoms with Crippen molar-refractivity contribution in [2.24, 2.45) is 0 Å². The zero-order valence-electron chi connectivity index (χ0n) is 14.6. The van der Waals surface area contributed by atoms with E-state index in [2.05, 4.69) is 9.72 Å². The molecule has 2 aromatic rings. The Bertz CT molecular complexity index is 862. The molecule has 1 aromatic carbocycles. The molecule has 2 heterocycles. The summed E-state index contributed by atoms with van der Waals surface area (Å²) in [6.45, 7) is 0.573. The van der Waals surface area contributed by atoms with Crippen LogP contribution in [0.3, 0.4) is 0 Å². The molecule has 27 heavy (non-hydrogen) atoms. The minimum atomic E-state index is -4.76. The van der Waals surface area contributed by atoms with E-state index in [0.717, 1.165) is 24.8 Å². The van der Waals surface area contributed by atoms with Crippen LogP contribution in [0.4, 0.5) is 19.0 Å². The molecule has 7 heteroatoms. The van der Waals surface area contributed by atoms with Gasteiger partial charge in [-0.3, -0.25) is 9.69 Å². The average Bonchev–Trinajstić information content (AvgIpc) is 2.59. The molecule has 1 saturated carbocycles. The predicted octanol–water partition coefficient (Wildman–Crippen LogP) is 4.38. The van der Waals surface area contributed by atoms with E-state index in [1.54, 1.807) is 17.2 Å². The number of carbonyl (C=O) groups is 1. The van der Waals surface area contributed by atoms with Gasteiger partial charge in [-0.15, -0.1) is 13.2 Å². The second kappa shape index (κ2) is 6.55. The summed E-state index contributed by atoms with van der Waals surface area (Å²) in [4.78, 5) is 19.6. The number of ether oxygens (including phenoxy) is 1. The molecule has 0 spiro atoms. The van der Waals surface area contributed by atoms with Gasteiger partial charge in [-0.2, -0.15) is 0 Å². The summed E-state index contributed by atoms with van der Waals surface area (Å²) in [5, 5.41) is 0. The second-order valence-electron chi connectivity index (χ2n) is 7.06. The lowest BCUT2D eigenvalue weighted by Gasteiger charge is -2.44. The lowest BCUT2D eigenvalue weighted by Crippen LogP contribution is -2.52. The molecule has 1 aromatic heterocycles. The van der Waals surface area contributed by atoms with Crippen LogP contribution in [0.25, 0.3) is 0 Å². The van der Waals surface area contributed by atoms with Gasteiger partial charge in [0.05, 0.1) is 5.41 Å². The highest BCUT2D eigenvalue weighted by Crippen LogP contribution is 2.47. The second-order valence-corrected chi connectivity index (χ2v) is 7.06. The van der Waals surface area contributed by atoms with E-state index in [1.807, 2.05) is 12.1 Å². The number of amides is 1. The lowest BCUT2D eigenvalue weighted by atomic mass is 9.63. The molecular formula is C20H19F3N2O2. The number of rotatable bonds is 3. The van der Waals surface area contributed by atoms with Crippen LogP contribution in [0.15, 0.2) is 42.6 Å². The maximum absolute atomic E-state index is 13.5. The van der Waals surface area contributed by atoms with Gasteiger partial charge in [-0.1, -0.05) is 24.6 Å². The van der Waals surface area contributed by atoms with E-state index in [0.29, 0.717) is 30.8 Å². The first-order valence-corrected chi connectivity index (χ1v) is 9.01. The Hall–Kier alpha value is -2.57. The highest BCUT2D eigenvalue weighted by molar-refractivity contribution is 6.02. The summed E-state index contributed by atoms with van der Waals surface area (Å²) in [7, 11) is 0. The molecule has 0 bridgehead atoms. The SMILES string of the molecule is O=C(N1CCCc2cccnc21)C1(c2cccc(OC(F)(F)F)c2)CCC1. The number of benzene rings is 1. The van der Waals surface area contributed by atoms with Crippen molar-refractivity contribution >= 4 is 11.7 Å². The number of anilines is 1. The van der Waals surface area contributed by atoms with Crippen molar-refractivity contribution in [1.29, 1.82) is 0 Å². The molecule has 0 atom stereocenters. The quantitative estimate of drug-likeness (QED) is 0.798. The van der Waals surface area contributed by atoms with Crippen LogP contribution in [-0.4, -0.2) is 23.8 Å². The summed E-state index contributed by atoms with van der Waals surface area (Å²) in [5.41, 5.74) is 0.793. The van der Waals surface area contributed by atoms with E-state index in [-0.39, 0.29) is 11.7 Å². The Morgan fingerprint density at radius 2 is 1.96 bits per heavy atom. The molecule has 4 nitrogen and oxygen atoms in total. The highest BCUT2D eigenvalue weighted by Gasteiger charge is 2.49. The third kappa shape index (κ3) is 3.26. The summed E-state index contributed by atoms with van der Waals surface area (Å²) < 4.78 is 41.8. The minimum Gasteiger partial charge on any atom is -0.406 e. The first kappa shape index (κ1) is 17.8. The van der Waals surface area contributed by atoms with E-state index in [9.17, 15) is 18.0 Å². The summed E-state index contributed by atoms with van der Waals surface area (Å²) in [6, 6.07) is 9.63. The van der Waals surface area contributed by atoms with Crippen molar-refractivity contribution in [3.05, 3.63) is 53.7 Å². The Morgan fingerprint density at radius 3 is 2.67 bits per heavy atom. The summed E-state index contributed by atoms with van der Waals surface area (Å²) in [5.74, 6) is 0.288. The minimum absolute atomic E-state index is 0.0856. The molecule has 0 saturated heterocycles. The van der Waals surface area contributed by atoms with Crippen molar-refractivity contribution < 1.29 is 22.7 Å². The van der Waals surface area contributed by atoms with Gasteiger partial charge in [0.1, 0.15) is 11.6 Å². The normalized spacial score (nSPS) is 18.4. The molecule has 0 unspecified atom stereocenters. The van der Waals surface area contributed by atoms with Crippen molar-refractivity contribution in [2.45, 2.75) is 43.9 Å². The smallest absolute Gasteiger partial charge is 0.406 e. The topological polar surface area (TPSA) is 42.4 Å². The number of aryl methyl sites for hydroxylation is 1. The third-order valence-electron chi connectivity index (χ3n) is 5.43. The van der Waals surface area contributed by atoms with Crippen molar-refractivity contribution in [2.75, 3.05) is 11.4 Å². The number of nitrogens with zero attached hydrogens (tertiary/aromatic N) is 2. The first-order chi connectivity index (χ1) is 12.9. The third-order valence-corrected chi connectivity index (χ3v) is 5.43. The zero-order chi connectivity index (χ0) is 19.1. The molecule has 1 aliphatic heterocycles. The van der Waals surface area contributed by atoms with Crippen LogP contribution in [-0.2, 0) is 16.6 Å². The Labute approximate surface area is 155 Å². The van der Waals surface area contributed by atoms with Crippen LogP contribution in [0.5, 0.6) is 5.75 Å². The Morgan fingerprint density at radius 1 is 1.15 bits per heavy atom. The molecule has 1 amide bonds. The molecule has 1 fully saturated rings. The monoisotopic (exact) mass is 376 g/mol. The maximum Gasteiger partial charge on any atom is 0.573 e. The van der Waals surface area contributed by atoms with Crippen LogP contribution >= 0.6 is 0 Å². The number of alkyl halides is 3. The van der Waals surface area contributed by atoms with E-state index < -0.39 is 11.8 Å². The van der Waals surface area contributed by atoms with Crippen LogP contribution in [0, 0.1) is 0 Å². The van der Waals surface area contributed by atoms with E-state index in [4.69, 9.17) is 0 Å². The first-order valence-electron chi connectivity index (χ1n) is 9.01. The molecule has 4 rings (SSSR count). The van der Waals surface area contributed by atoms with E-state index >= 15 is 0 Å². The number of hydrogen-bond acceptors (Lipinski definition) is 3. The number of aromatic nitrogens is 1. The standard InChI is InChI=1S/C20H19F3N2O2/c21-20(22,23)27-16-8-1-7-15(13-16)19(9-4-10-19)18(26)25-12-3-6-14-5-2-11-24-17(14)25/h1-2,5,7-8,11,13H,3-4,6,9-10,12H2. The van der Waals surface area contributed by atoms with Crippen molar-refractivity contribution in [3.8, 4) is 5.75 Å². The van der Waals surface area contributed by atoms with Gasteiger partial charge < -0.3 is 4.74 Å². The molecule has 0 N–H and O–H groups in total. The predicted molar refractivity (Wildman–Crippen MR) is 93.6 cm³/mol. The van der Waals surface area contributed by atoms with Crippen molar-refractivity contribution in [3.63, 3.8) is 0 Å². The Balaban J connectivity index is 1.68. The molecule has 142 valence electrons. The van der Waals surface area contributed by atoms with Gasteiger partial charge in [-0.05, 0) is 55.0 Å². The van der Waals surface area contributed by atoms with Crippen molar-refractivity contribution in [1.82, 2.24) is 4.98 Å². The number of hydrogen-bond donors (Lipinski definition) is 0. The van der Waals surface area contributed by atoms with Crippen LogP contribution < -0.4 is 9.64 Å². The molecule has 1 aliphatic carbocycles. The number of carbonyl (C=O) groups excluding carboxylic acids is 1. The van der Waals surface area contributed by atoms with Crippen LogP contribution in [0.1, 0.15) is 36.8 Å². The fourth-order valence-electron chi connectivity index (χ4n) is 4.01. The van der Waals surface area contributed by atoms with Crippen LogP contribution in [0.2, 0.25) is 0 Å². The molecule has 2 aliphatic rings. The van der Waals surface area contributed by atoms with E-state index in [1.165, 1.54) is 18.2 Å². The summed E-state index contributed by atoms with van der Waals surface area (Å²) in [6.07, 6.45) is 0.701. The lowest BCUT2D eigenvalue weighted by molar-refractivity contribution is -0.274. The molecular weight excluding hydrogens is 357 g/mol. The zero-order valence-corrected chi connectivity index (χ0v) is 14.6. The Kier molecular flexibility index (Phi) is 4.32. The van der Waals surface area contributed by atoms with Gasteiger partial charge in [0.2, 0.25) is 5.91 Å². The van der Waals surface area contributed by atoms with Gasteiger partial charge in [-0.25, -0.2) is 4.98 Å².